The van der Waals surface area contributed by atoms with Crippen molar-refractivity contribution in [2.45, 2.75) is 23.6 Å². The van der Waals surface area contributed by atoms with Gasteiger partial charge in [0.05, 0.1) is 37.4 Å². The van der Waals surface area contributed by atoms with E-state index in [9.17, 15) is 8.42 Å². The van der Waals surface area contributed by atoms with Crippen LogP contribution in [0.5, 0.6) is 11.5 Å². The molecule has 1 saturated heterocycles. The van der Waals surface area contributed by atoms with Crippen LogP contribution in [0.1, 0.15) is 18.5 Å². The predicted octanol–water partition coefficient (Wildman–Crippen LogP) is 1.50. The van der Waals surface area contributed by atoms with Crippen molar-refractivity contribution < 1.29 is 22.6 Å². The number of rotatable bonds is 5. The molecule has 34 heavy (non-hydrogen) atoms. The number of fused-ring (bicyclic) bond motifs is 4. The van der Waals surface area contributed by atoms with Crippen molar-refractivity contribution in [1.29, 1.82) is 0 Å². The van der Waals surface area contributed by atoms with E-state index in [1.165, 1.54) is 6.26 Å². The number of methoxy groups -OCH3 is 1. The lowest BCUT2D eigenvalue weighted by molar-refractivity contribution is 0.0692. The highest BCUT2D eigenvalue weighted by atomic mass is 32.2. The number of benzene rings is 1. The first-order chi connectivity index (χ1) is 16.4. The molecule has 4 heterocycles. The van der Waals surface area contributed by atoms with Crippen molar-refractivity contribution in [2.24, 2.45) is 0 Å². The number of sulfone groups is 1. The van der Waals surface area contributed by atoms with E-state index in [1.807, 2.05) is 18.2 Å². The van der Waals surface area contributed by atoms with Gasteiger partial charge in [0.2, 0.25) is 11.9 Å². The fraction of sp³-hybridized carbons (Fsp3) is 0.500. The van der Waals surface area contributed by atoms with E-state index in [1.54, 1.807) is 18.7 Å². The molecule has 1 saturated carbocycles. The van der Waals surface area contributed by atoms with E-state index in [2.05, 4.69) is 15.2 Å². The number of imidazole rings is 1. The highest BCUT2D eigenvalue weighted by Gasteiger charge is 2.58. The Bertz CT molecular complexity index is 1400. The van der Waals surface area contributed by atoms with Crippen LogP contribution in [0.3, 0.4) is 0 Å². The molecular weight excluding hydrogens is 460 g/mol. The number of hydrogen-bond donors (Lipinski definition) is 1. The van der Waals surface area contributed by atoms with Gasteiger partial charge in [0.1, 0.15) is 22.8 Å². The third-order valence-corrected chi connectivity index (χ3v) is 8.91. The molecule has 11 nitrogen and oxygen atoms in total. The summed E-state index contributed by atoms with van der Waals surface area (Å²) in [4.78, 5) is 16.6. The fourth-order valence-electron chi connectivity index (χ4n) is 4.87. The van der Waals surface area contributed by atoms with E-state index in [-0.39, 0.29) is 6.04 Å². The lowest BCUT2D eigenvalue weighted by atomic mass is 10.1. The molecule has 1 atom stereocenters. The Morgan fingerprint density at radius 2 is 2.03 bits per heavy atom. The number of ether oxygens (including phenoxy) is 3. The van der Waals surface area contributed by atoms with Crippen molar-refractivity contribution in [3.8, 4) is 17.4 Å². The van der Waals surface area contributed by atoms with E-state index >= 15 is 0 Å². The number of nitrogens with one attached hydrogen (secondary N) is 1. The monoisotopic (exact) mass is 486 g/mol. The number of morpholine rings is 1. The molecule has 0 bridgehead atoms. The first-order valence-electron chi connectivity index (χ1n) is 11.2. The summed E-state index contributed by atoms with van der Waals surface area (Å²) in [5.74, 6) is 2.63. The van der Waals surface area contributed by atoms with Crippen molar-refractivity contribution in [3.63, 3.8) is 0 Å². The molecule has 2 aliphatic heterocycles. The molecule has 2 aromatic heterocycles. The van der Waals surface area contributed by atoms with E-state index in [0.717, 1.165) is 5.52 Å². The lowest BCUT2D eigenvalue weighted by Gasteiger charge is -2.41. The second-order valence-electron chi connectivity index (χ2n) is 8.90. The van der Waals surface area contributed by atoms with Gasteiger partial charge in [-0.05, 0) is 25.0 Å². The van der Waals surface area contributed by atoms with Crippen molar-refractivity contribution >= 4 is 32.6 Å². The third kappa shape index (κ3) is 3.04. The van der Waals surface area contributed by atoms with Gasteiger partial charge in [0, 0.05) is 25.9 Å². The molecule has 1 aliphatic carbocycles. The molecule has 0 spiro atoms. The molecule has 6 rings (SSSR count). The van der Waals surface area contributed by atoms with Crippen LogP contribution in [0.2, 0.25) is 0 Å². The molecular formula is C22H26N6O5S. The lowest BCUT2D eigenvalue weighted by Crippen LogP contribution is -2.52. The van der Waals surface area contributed by atoms with Gasteiger partial charge in [-0.25, -0.2) is 23.0 Å². The molecule has 1 N–H and O–H groups in total. The molecule has 0 radical (unpaired) electrons. The average Bonchev–Trinajstić information content (AvgIpc) is 3.58. The Balaban J connectivity index is 1.62. The minimum absolute atomic E-state index is 0.0119. The molecule has 0 unspecified atom stereocenters. The Morgan fingerprint density at radius 3 is 2.74 bits per heavy atom. The summed E-state index contributed by atoms with van der Waals surface area (Å²) in [6, 6.07) is 5.59. The second kappa shape index (κ2) is 7.44. The van der Waals surface area contributed by atoms with E-state index in [0.29, 0.717) is 79.6 Å². The molecule has 1 aromatic carbocycles. The highest BCUT2D eigenvalue weighted by Crippen LogP contribution is 2.56. The van der Waals surface area contributed by atoms with Gasteiger partial charge in [-0.2, -0.15) is 4.98 Å². The van der Waals surface area contributed by atoms with E-state index in [4.69, 9.17) is 24.2 Å². The number of anilines is 2. The predicted molar refractivity (Wildman–Crippen MR) is 126 cm³/mol. The first-order valence-corrected chi connectivity index (χ1v) is 13.1. The van der Waals surface area contributed by atoms with Crippen molar-refractivity contribution in [3.05, 3.63) is 23.9 Å². The minimum atomic E-state index is -3.43. The van der Waals surface area contributed by atoms with Gasteiger partial charge in [0.15, 0.2) is 21.4 Å². The zero-order valence-corrected chi connectivity index (χ0v) is 20.1. The summed E-state index contributed by atoms with van der Waals surface area (Å²) in [5, 5.41) is 3.11. The van der Waals surface area contributed by atoms with Gasteiger partial charge in [-0.3, -0.25) is 0 Å². The summed E-state index contributed by atoms with van der Waals surface area (Å²) < 4.78 is 43.6. The Kier molecular flexibility index (Phi) is 4.69. The van der Waals surface area contributed by atoms with Gasteiger partial charge in [-0.1, -0.05) is 0 Å². The maximum Gasteiger partial charge on any atom is 0.239 e. The van der Waals surface area contributed by atoms with Crippen molar-refractivity contribution in [1.82, 2.24) is 19.5 Å². The van der Waals surface area contributed by atoms with Crippen LogP contribution in [0.4, 0.5) is 11.8 Å². The summed E-state index contributed by atoms with van der Waals surface area (Å²) in [7, 11) is -0.0521. The maximum atomic E-state index is 12.9. The average molecular weight is 487 g/mol. The van der Waals surface area contributed by atoms with Crippen molar-refractivity contribution in [2.75, 3.05) is 57.0 Å². The van der Waals surface area contributed by atoms with Crippen LogP contribution < -0.4 is 19.7 Å². The van der Waals surface area contributed by atoms with Gasteiger partial charge in [-0.15, -0.1) is 0 Å². The van der Waals surface area contributed by atoms with Gasteiger partial charge < -0.3 is 24.4 Å². The number of nitrogens with zero attached hydrogens (tertiary/aromatic N) is 5. The summed E-state index contributed by atoms with van der Waals surface area (Å²) in [6.45, 7) is 2.14. The quantitative estimate of drug-likeness (QED) is 0.568. The van der Waals surface area contributed by atoms with E-state index < -0.39 is 14.6 Å². The Morgan fingerprint density at radius 1 is 1.21 bits per heavy atom. The summed E-state index contributed by atoms with van der Waals surface area (Å²) in [5.41, 5.74) is 1.91. The van der Waals surface area contributed by atoms with Crippen LogP contribution in [0.15, 0.2) is 18.2 Å². The Labute approximate surface area is 197 Å². The molecule has 180 valence electrons. The van der Waals surface area contributed by atoms with Crippen LogP contribution >= 0.6 is 0 Å². The van der Waals surface area contributed by atoms with Crippen LogP contribution in [-0.4, -0.2) is 80.8 Å². The van der Waals surface area contributed by atoms with Crippen LogP contribution in [0.25, 0.3) is 17.0 Å². The molecule has 0 amide bonds. The molecule has 12 heteroatoms. The van der Waals surface area contributed by atoms with Gasteiger partial charge in [0.25, 0.3) is 0 Å². The molecule has 2 fully saturated rings. The zero-order valence-electron chi connectivity index (χ0n) is 19.2. The van der Waals surface area contributed by atoms with Crippen LogP contribution in [0, 0.1) is 0 Å². The topological polar surface area (TPSA) is 121 Å². The van der Waals surface area contributed by atoms with Gasteiger partial charge >= 0.3 is 0 Å². The summed E-state index contributed by atoms with van der Waals surface area (Å²) in [6.07, 6.45) is 2.28. The smallest absolute Gasteiger partial charge is 0.239 e. The second-order valence-corrected chi connectivity index (χ2v) is 11.2. The highest BCUT2D eigenvalue weighted by molar-refractivity contribution is 7.92. The minimum Gasteiger partial charge on any atom is -0.497 e. The fourth-order valence-corrected chi connectivity index (χ4v) is 6.20. The number of hydrogen-bond acceptors (Lipinski definition) is 10. The third-order valence-electron chi connectivity index (χ3n) is 6.89. The largest absolute Gasteiger partial charge is 0.497 e. The zero-order chi connectivity index (χ0) is 23.7. The standard InChI is InChI=1S/C22H26N6O5S/c1-23-20-24-15-10-14(31-2)4-5-16(15)28(20)21-25-18(22(6-7-22)34(3,29)30)17-19(26-21)27-8-9-32-11-13(27)12-33-17/h4-5,10,13H,6-9,11-12H2,1-3H3,(H,23,24)/t13-/m0/s1. The normalized spacial score (nSPS) is 20.9. The SMILES string of the molecule is CNc1nc2cc(OC)ccc2n1-c1nc2c(c(C3(S(C)(=O)=O)CC3)n1)OC[C@@H]1COCCN21. The Hall–Kier alpha value is -3.12. The molecule has 3 aliphatic rings. The molecule has 3 aromatic rings. The maximum absolute atomic E-state index is 12.9. The summed E-state index contributed by atoms with van der Waals surface area (Å²) >= 11 is 0. The number of aromatic nitrogens is 4. The van der Waals surface area contributed by atoms with Crippen LogP contribution in [-0.2, 0) is 19.3 Å². The first kappa shape index (κ1) is 21.4.